The number of aryl methyl sites for hydroxylation is 2. The number of hydrogen-bond donors (Lipinski definition) is 2. The Hall–Kier alpha value is -3.85. The Bertz CT molecular complexity index is 1420. The summed E-state index contributed by atoms with van der Waals surface area (Å²) in [6, 6.07) is 13.5. The minimum atomic E-state index is -0.887. The van der Waals surface area contributed by atoms with E-state index in [9.17, 15) is 4.79 Å². The molecule has 3 aliphatic heterocycles. The fraction of sp³-hybridized carbons (Fsp3) is 0.414. The van der Waals surface area contributed by atoms with Gasteiger partial charge in [0.15, 0.2) is 5.60 Å². The fourth-order valence-electron chi connectivity index (χ4n) is 5.89. The number of benzene rings is 2. The number of ether oxygens (including phenoxy) is 1. The van der Waals surface area contributed by atoms with Crippen molar-refractivity contribution in [1.82, 2.24) is 14.9 Å². The van der Waals surface area contributed by atoms with E-state index in [1.54, 1.807) is 32.0 Å². The summed E-state index contributed by atoms with van der Waals surface area (Å²) >= 11 is 0. The van der Waals surface area contributed by atoms with Gasteiger partial charge in [0, 0.05) is 61.0 Å². The Labute approximate surface area is 223 Å². The van der Waals surface area contributed by atoms with Gasteiger partial charge in [0.2, 0.25) is 5.95 Å². The van der Waals surface area contributed by atoms with Gasteiger partial charge in [-0.05, 0) is 83.1 Å². The van der Waals surface area contributed by atoms with Gasteiger partial charge >= 0.3 is 0 Å². The minimum Gasteiger partial charge on any atom is -0.476 e. The molecule has 4 heterocycles. The number of nitrogens with zero attached hydrogens (tertiary/aromatic N) is 5. The molecule has 3 aliphatic rings. The standard InChI is InChI=1S/C29H35N7O2/c1-17-11-19(7-9-23(17)36-16-21-13-22(36)15-34(21)5)32-28-30-14-18(2)26(33-28)31-20-8-10-25-24(12-20)35(6)27(37)29(3,4)38-25/h7-12,14,21-22H,13,15-16H2,1-6H3,(H2,30,31,32,33). The predicted molar refractivity (Wildman–Crippen MR) is 151 cm³/mol. The zero-order valence-electron chi connectivity index (χ0n) is 22.9. The Morgan fingerprint density at radius 2 is 1.71 bits per heavy atom. The van der Waals surface area contributed by atoms with Gasteiger partial charge in [0.25, 0.3) is 5.91 Å². The summed E-state index contributed by atoms with van der Waals surface area (Å²) in [7, 11) is 4.00. The molecule has 0 radical (unpaired) electrons. The van der Waals surface area contributed by atoms with Gasteiger partial charge in [-0.3, -0.25) is 9.69 Å². The Morgan fingerprint density at radius 3 is 2.42 bits per heavy atom. The lowest BCUT2D eigenvalue weighted by Crippen LogP contribution is -2.50. The zero-order valence-corrected chi connectivity index (χ0v) is 22.9. The van der Waals surface area contributed by atoms with Gasteiger partial charge in [0.05, 0.1) is 5.69 Å². The lowest BCUT2D eigenvalue weighted by molar-refractivity contribution is -0.132. The second kappa shape index (κ2) is 8.87. The Kier molecular flexibility index (Phi) is 5.72. The van der Waals surface area contributed by atoms with E-state index in [4.69, 9.17) is 9.72 Å². The van der Waals surface area contributed by atoms with Gasteiger partial charge in [-0.15, -0.1) is 0 Å². The SMILES string of the molecule is Cc1cc(Nc2ncc(C)c(Nc3ccc4c(c3)N(C)C(=O)C(C)(C)O4)n2)ccc1N1CC2CC1CN2C. The van der Waals surface area contributed by atoms with Crippen molar-refractivity contribution in [3.05, 3.63) is 53.7 Å². The summed E-state index contributed by atoms with van der Waals surface area (Å²) in [5.74, 6) is 1.80. The van der Waals surface area contributed by atoms with Crippen LogP contribution in [-0.4, -0.2) is 65.6 Å². The van der Waals surface area contributed by atoms with Crippen LogP contribution >= 0.6 is 0 Å². The lowest BCUT2D eigenvalue weighted by Gasteiger charge is -2.37. The van der Waals surface area contributed by atoms with Crippen LogP contribution in [0.4, 0.5) is 34.5 Å². The molecule has 0 spiro atoms. The quantitative estimate of drug-likeness (QED) is 0.512. The maximum absolute atomic E-state index is 12.7. The molecule has 6 rings (SSSR count). The van der Waals surface area contributed by atoms with E-state index in [2.05, 4.69) is 57.6 Å². The molecule has 0 saturated carbocycles. The van der Waals surface area contributed by atoms with Gasteiger partial charge in [-0.25, -0.2) is 4.98 Å². The monoisotopic (exact) mass is 513 g/mol. The van der Waals surface area contributed by atoms with Crippen molar-refractivity contribution >= 4 is 40.4 Å². The average molecular weight is 514 g/mol. The van der Waals surface area contributed by atoms with Crippen LogP contribution in [0.5, 0.6) is 5.75 Å². The first-order chi connectivity index (χ1) is 18.1. The first-order valence-corrected chi connectivity index (χ1v) is 13.2. The topological polar surface area (TPSA) is 85.9 Å². The van der Waals surface area contributed by atoms with E-state index < -0.39 is 5.60 Å². The third-order valence-corrected chi connectivity index (χ3v) is 8.02. The molecule has 2 aromatic carbocycles. The molecule has 1 amide bonds. The van der Waals surface area contributed by atoms with Crippen molar-refractivity contribution in [1.29, 1.82) is 0 Å². The molecule has 2 fully saturated rings. The Morgan fingerprint density at radius 1 is 0.947 bits per heavy atom. The van der Waals surface area contributed by atoms with Crippen molar-refractivity contribution in [2.24, 2.45) is 0 Å². The summed E-state index contributed by atoms with van der Waals surface area (Å²) in [6.07, 6.45) is 3.06. The van der Waals surface area contributed by atoms with Crippen molar-refractivity contribution in [2.45, 2.75) is 51.8 Å². The van der Waals surface area contributed by atoms with E-state index in [1.807, 2.05) is 25.1 Å². The molecule has 2 bridgehead atoms. The largest absolute Gasteiger partial charge is 0.476 e. The summed E-state index contributed by atoms with van der Waals surface area (Å²) < 4.78 is 5.93. The lowest BCUT2D eigenvalue weighted by atomic mass is 10.0. The highest BCUT2D eigenvalue weighted by atomic mass is 16.5. The van der Waals surface area contributed by atoms with Crippen LogP contribution in [0.2, 0.25) is 0 Å². The molecule has 2 unspecified atom stereocenters. The number of aromatic nitrogens is 2. The molecule has 1 aromatic heterocycles. The van der Waals surface area contributed by atoms with E-state index in [-0.39, 0.29) is 5.91 Å². The summed E-state index contributed by atoms with van der Waals surface area (Å²) in [6.45, 7) is 9.93. The van der Waals surface area contributed by atoms with E-state index in [1.165, 1.54) is 17.7 Å². The van der Waals surface area contributed by atoms with E-state index in [0.717, 1.165) is 35.7 Å². The normalized spacial score (nSPS) is 21.9. The van der Waals surface area contributed by atoms with Crippen LogP contribution < -0.4 is 25.2 Å². The van der Waals surface area contributed by atoms with Gasteiger partial charge < -0.3 is 25.2 Å². The summed E-state index contributed by atoms with van der Waals surface area (Å²) in [4.78, 5) is 28.6. The van der Waals surface area contributed by atoms with Crippen LogP contribution in [0.25, 0.3) is 0 Å². The molecular formula is C29H35N7O2. The van der Waals surface area contributed by atoms with Crippen LogP contribution in [-0.2, 0) is 4.79 Å². The number of piperazine rings is 1. The van der Waals surface area contributed by atoms with Gasteiger partial charge in [-0.2, -0.15) is 4.98 Å². The van der Waals surface area contributed by atoms with Gasteiger partial charge in [-0.1, -0.05) is 0 Å². The number of likely N-dealkylation sites (N-methyl/N-ethyl adjacent to an activating group) is 2. The van der Waals surface area contributed by atoms with Crippen LogP contribution in [0.3, 0.4) is 0 Å². The molecule has 9 nitrogen and oxygen atoms in total. The highest BCUT2D eigenvalue weighted by Crippen LogP contribution is 2.39. The molecule has 9 heteroatoms. The first kappa shape index (κ1) is 24.5. The van der Waals surface area contributed by atoms with Crippen LogP contribution in [0.1, 0.15) is 31.4 Å². The molecule has 3 aromatic rings. The average Bonchev–Trinajstić information content (AvgIpc) is 3.45. The Balaban J connectivity index is 1.19. The number of amides is 1. The number of fused-ring (bicyclic) bond motifs is 3. The zero-order chi connectivity index (χ0) is 26.8. The van der Waals surface area contributed by atoms with E-state index in [0.29, 0.717) is 29.6 Å². The third-order valence-electron chi connectivity index (χ3n) is 8.02. The first-order valence-electron chi connectivity index (χ1n) is 13.2. The molecule has 198 valence electrons. The number of anilines is 6. The molecule has 2 N–H and O–H groups in total. The van der Waals surface area contributed by atoms with Crippen molar-refractivity contribution in [2.75, 3.05) is 47.6 Å². The molecule has 2 saturated heterocycles. The number of carbonyl (C=O) groups is 1. The number of likely N-dealkylation sites (tertiary alicyclic amines) is 1. The number of nitrogens with one attached hydrogen (secondary N) is 2. The second-order valence-electron chi connectivity index (χ2n) is 11.3. The molecule has 2 atom stereocenters. The maximum Gasteiger partial charge on any atom is 0.270 e. The second-order valence-corrected chi connectivity index (χ2v) is 11.3. The van der Waals surface area contributed by atoms with Crippen LogP contribution in [0.15, 0.2) is 42.6 Å². The molecular weight excluding hydrogens is 478 g/mol. The number of carbonyl (C=O) groups excluding carboxylic acids is 1. The summed E-state index contributed by atoms with van der Waals surface area (Å²) in [5, 5.41) is 6.75. The minimum absolute atomic E-state index is 0.0854. The fourth-order valence-corrected chi connectivity index (χ4v) is 5.89. The summed E-state index contributed by atoms with van der Waals surface area (Å²) in [5.41, 5.74) is 5.07. The van der Waals surface area contributed by atoms with E-state index >= 15 is 0 Å². The van der Waals surface area contributed by atoms with Crippen LogP contribution in [0, 0.1) is 13.8 Å². The highest BCUT2D eigenvalue weighted by Gasteiger charge is 2.42. The number of rotatable bonds is 5. The van der Waals surface area contributed by atoms with Crippen molar-refractivity contribution in [3.63, 3.8) is 0 Å². The molecule has 0 aliphatic carbocycles. The smallest absolute Gasteiger partial charge is 0.270 e. The third kappa shape index (κ3) is 4.20. The highest BCUT2D eigenvalue weighted by molar-refractivity contribution is 6.02. The van der Waals surface area contributed by atoms with Gasteiger partial charge in [0.1, 0.15) is 11.6 Å². The van der Waals surface area contributed by atoms with Crippen molar-refractivity contribution < 1.29 is 9.53 Å². The number of hydrogen-bond acceptors (Lipinski definition) is 8. The molecule has 38 heavy (non-hydrogen) atoms. The predicted octanol–water partition coefficient (Wildman–Crippen LogP) is 4.61. The maximum atomic E-state index is 12.7. The van der Waals surface area contributed by atoms with Crippen molar-refractivity contribution in [3.8, 4) is 5.75 Å².